The summed E-state index contributed by atoms with van der Waals surface area (Å²) in [5.74, 6) is 0. The Balaban J connectivity index is 2.39. The molecule has 0 aliphatic carbocycles. The van der Waals surface area contributed by atoms with Crippen LogP contribution in [0, 0.1) is 13.8 Å². The largest absolute Gasteiger partial charge is 0.135 e. The van der Waals surface area contributed by atoms with Gasteiger partial charge in [0.2, 0.25) is 0 Å². The van der Waals surface area contributed by atoms with Crippen molar-refractivity contribution >= 4 is 42.3 Å². The Bertz CT molecular complexity index is 929. The lowest BCUT2D eigenvalue weighted by Gasteiger charge is -2.08. The van der Waals surface area contributed by atoms with E-state index in [-0.39, 0.29) is 0 Å². The molecule has 0 atom stereocenters. The molecule has 0 N–H and O–H groups in total. The van der Waals surface area contributed by atoms with Crippen molar-refractivity contribution in [3.05, 3.63) is 59.7 Å². The summed E-state index contributed by atoms with van der Waals surface area (Å²) in [6.45, 7) is 4.50. The van der Waals surface area contributed by atoms with Crippen LogP contribution in [0.2, 0.25) is 0 Å². The van der Waals surface area contributed by atoms with Gasteiger partial charge in [-0.15, -0.1) is 11.3 Å². The molecule has 4 rings (SSSR count). The average molecular weight is 262 g/mol. The highest BCUT2D eigenvalue weighted by atomic mass is 32.1. The van der Waals surface area contributed by atoms with E-state index < -0.39 is 0 Å². The fourth-order valence-electron chi connectivity index (χ4n) is 3.08. The second-order valence-electron chi connectivity index (χ2n) is 5.10. The Hall–Kier alpha value is -1.86. The molecule has 3 aromatic carbocycles. The predicted octanol–water partition coefficient (Wildman–Crippen LogP) is 5.82. The molecule has 92 valence electrons. The standard InChI is InChI=1S/C18H14S/c1-11-13-7-3-4-8-14(13)12(2)18-17(11)15-9-5-6-10-16(15)19-18/h3-10H,1-2H3. The average Bonchev–Trinajstić information content (AvgIpc) is 2.84. The maximum atomic E-state index is 2.25. The van der Waals surface area contributed by atoms with E-state index in [1.54, 1.807) is 0 Å². The fraction of sp³-hybridized carbons (Fsp3) is 0.111. The van der Waals surface area contributed by atoms with E-state index in [0.29, 0.717) is 0 Å². The first kappa shape index (κ1) is 11.0. The van der Waals surface area contributed by atoms with Gasteiger partial charge in [0.25, 0.3) is 0 Å². The number of aryl methyl sites for hydroxylation is 2. The van der Waals surface area contributed by atoms with E-state index in [1.807, 2.05) is 11.3 Å². The molecule has 1 heteroatoms. The van der Waals surface area contributed by atoms with Crippen LogP contribution in [-0.2, 0) is 0 Å². The summed E-state index contributed by atoms with van der Waals surface area (Å²) in [6, 6.07) is 17.5. The Labute approximate surface area is 116 Å². The molecular weight excluding hydrogens is 248 g/mol. The van der Waals surface area contributed by atoms with Crippen molar-refractivity contribution in [1.82, 2.24) is 0 Å². The van der Waals surface area contributed by atoms with Crippen molar-refractivity contribution < 1.29 is 0 Å². The van der Waals surface area contributed by atoms with Gasteiger partial charge in [0.05, 0.1) is 0 Å². The summed E-state index contributed by atoms with van der Waals surface area (Å²) in [5.41, 5.74) is 2.83. The minimum atomic E-state index is 1.39. The Kier molecular flexibility index (Phi) is 2.21. The van der Waals surface area contributed by atoms with Crippen molar-refractivity contribution in [2.45, 2.75) is 13.8 Å². The van der Waals surface area contributed by atoms with Crippen molar-refractivity contribution in [3.63, 3.8) is 0 Å². The highest BCUT2D eigenvalue weighted by Gasteiger charge is 2.13. The topological polar surface area (TPSA) is 0 Å². The van der Waals surface area contributed by atoms with Gasteiger partial charge in [-0.1, -0.05) is 42.5 Å². The van der Waals surface area contributed by atoms with Crippen molar-refractivity contribution in [2.75, 3.05) is 0 Å². The molecule has 1 heterocycles. The lowest BCUT2D eigenvalue weighted by Crippen LogP contribution is -1.84. The highest BCUT2D eigenvalue weighted by molar-refractivity contribution is 7.26. The number of benzene rings is 3. The zero-order chi connectivity index (χ0) is 13.0. The van der Waals surface area contributed by atoms with E-state index in [4.69, 9.17) is 0 Å². The zero-order valence-electron chi connectivity index (χ0n) is 11.0. The molecule has 4 aromatic rings. The smallest absolute Gasteiger partial charge is 0.0393 e. The third kappa shape index (κ3) is 1.39. The van der Waals surface area contributed by atoms with Gasteiger partial charge in [-0.25, -0.2) is 0 Å². The van der Waals surface area contributed by atoms with Crippen LogP contribution >= 0.6 is 11.3 Å². The van der Waals surface area contributed by atoms with E-state index >= 15 is 0 Å². The van der Waals surface area contributed by atoms with Crippen LogP contribution in [0.25, 0.3) is 30.9 Å². The molecule has 0 aliphatic heterocycles. The van der Waals surface area contributed by atoms with Gasteiger partial charge < -0.3 is 0 Å². The molecule has 0 fully saturated rings. The van der Waals surface area contributed by atoms with Crippen LogP contribution in [0.15, 0.2) is 48.5 Å². The maximum absolute atomic E-state index is 2.25. The first-order chi connectivity index (χ1) is 9.27. The first-order valence-corrected chi connectivity index (χ1v) is 7.38. The highest BCUT2D eigenvalue weighted by Crippen LogP contribution is 2.41. The van der Waals surface area contributed by atoms with Gasteiger partial charge in [0.15, 0.2) is 0 Å². The van der Waals surface area contributed by atoms with Crippen LogP contribution in [0.3, 0.4) is 0 Å². The van der Waals surface area contributed by atoms with Gasteiger partial charge in [-0.2, -0.15) is 0 Å². The van der Waals surface area contributed by atoms with Crippen molar-refractivity contribution in [3.8, 4) is 0 Å². The molecule has 0 aliphatic rings. The SMILES string of the molecule is Cc1c2ccccc2c(C)c2c1sc1ccccc12. The minimum absolute atomic E-state index is 1.39. The lowest BCUT2D eigenvalue weighted by molar-refractivity contribution is 1.55. The number of rotatable bonds is 0. The first-order valence-electron chi connectivity index (χ1n) is 6.56. The van der Waals surface area contributed by atoms with Gasteiger partial charge >= 0.3 is 0 Å². The van der Waals surface area contributed by atoms with Gasteiger partial charge in [-0.05, 0) is 41.8 Å². The van der Waals surface area contributed by atoms with Crippen LogP contribution < -0.4 is 0 Å². The molecule has 0 saturated carbocycles. The summed E-state index contributed by atoms with van der Waals surface area (Å²) in [7, 11) is 0. The summed E-state index contributed by atoms with van der Waals surface area (Å²) >= 11 is 1.92. The fourth-order valence-corrected chi connectivity index (χ4v) is 4.35. The second kappa shape index (κ2) is 3.82. The molecule has 0 bridgehead atoms. The molecule has 0 radical (unpaired) electrons. The summed E-state index contributed by atoms with van der Waals surface area (Å²) in [6.07, 6.45) is 0. The number of fused-ring (bicyclic) bond motifs is 4. The summed E-state index contributed by atoms with van der Waals surface area (Å²) in [5, 5.41) is 5.61. The lowest BCUT2D eigenvalue weighted by atomic mass is 9.96. The molecule has 0 nitrogen and oxygen atoms in total. The van der Waals surface area contributed by atoms with E-state index in [9.17, 15) is 0 Å². The number of thiophene rings is 1. The van der Waals surface area contributed by atoms with E-state index in [0.717, 1.165) is 0 Å². The third-order valence-electron chi connectivity index (χ3n) is 4.05. The normalized spacial score (nSPS) is 11.7. The predicted molar refractivity (Wildman–Crippen MR) is 86.3 cm³/mol. The molecule has 19 heavy (non-hydrogen) atoms. The van der Waals surface area contributed by atoms with Crippen LogP contribution in [-0.4, -0.2) is 0 Å². The molecule has 0 amide bonds. The Morgan fingerprint density at radius 2 is 1.26 bits per heavy atom. The third-order valence-corrected chi connectivity index (χ3v) is 5.34. The Morgan fingerprint density at radius 1 is 0.684 bits per heavy atom. The molecular formula is C18H14S. The van der Waals surface area contributed by atoms with Crippen LogP contribution in [0.4, 0.5) is 0 Å². The number of hydrogen-bond donors (Lipinski definition) is 0. The van der Waals surface area contributed by atoms with Crippen molar-refractivity contribution in [1.29, 1.82) is 0 Å². The van der Waals surface area contributed by atoms with E-state index in [1.165, 1.54) is 42.1 Å². The molecule has 0 unspecified atom stereocenters. The zero-order valence-corrected chi connectivity index (χ0v) is 11.8. The van der Waals surface area contributed by atoms with Crippen molar-refractivity contribution in [2.24, 2.45) is 0 Å². The quantitative estimate of drug-likeness (QED) is 0.374. The summed E-state index contributed by atoms with van der Waals surface area (Å²) < 4.78 is 2.83. The van der Waals surface area contributed by atoms with E-state index in [2.05, 4.69) is 62.4 Å². The van der Waals surface area contributed by atoms with Crippen LogP contribution in [0.1, 0.15) is 11.1 Å². The monoisotopic (exact) mass is 262 g/mol. The molecule has 1 aromatic heterocycles. The molecule has 0 saturated heterocycles. The maximum Gasteiger partial charge on any atom is 0.0393 e. The van der Waals surface area contributed by atoms with Gasteiger partial charge in [0, 0.05) is 20.2 Å². The van der Waals surface area contributed by atoms with Gasteiger partial charge in [-0.3, -0.25) is 0 Å². The number of hydrogen-bond acceptors (Lipinski definition) is 1. The second-order valence-corrected chi connectivity index (χ2v) is 6.15. The Morgan fingerprint density at radius 3 is 2.00 bits per heavy atom. The van der Waals surface area contributed by atoms with Crippen LogP contribution in [0.5, 0.6) is 0 Å². The molecule has 0 spiro atoms. The summed E-state index contributed by atoms with van der Waals surface area (Å²) in [4.78, 5) is 0. The van der Waals surface area contributed by atoms with Gasteiger partial charge in [0.1, 0.15) is 0 Å². The minimum Gasteiger partial charge on any atom is -0.135 e.